The van der Waals surface area contributed by atoms with E-state index in [0.717, 1.165) is 0 Å². The van der Waals surface area contributed by atoms with Gasteiger partial charge >= 0.3 is 5.97 Å². The van der Waals surface area contributed by atoms with Gasteiger partial charge in [0.25, 0.3) is 0 Å². The zero-order valence-corrected chi connectivity index (χ0v) is 16.3. The van der Waals surface area contributed by atoms with Crippen LogP contribution in [0.3, 0.4) is 0 Å². The lowest BCUT2D eigenvalue weighted by Gasteiger charge is -2.40. The molecule has 1 saturated heterocycles. The van der Waals surface area contributed by atoms with Gasteiger partial charge in [-0.3, -0.25) is 9.59 Å². The van der Waals surface area contributed by atoms with Crippen molar-refractivity contribution in [2.45, 2.75) is 70.3 Å². The third-order valence-corrected chi connectivity index (χ3v) is 4.34. The Hall–Kier alpha value is -1.79. The predicted octanol–water partition coefficient (Wildman–Crippen LogP) is -2.65. The number of aliphatic hydroxyl groups is 3. The fourth-order valence-electron chi connectivity index (χ4n) is 2.71. The van der Waals surface area contributed by atoms with Crippen LogP contribution >= 0.6 is 0 Å². The van der Waals surface area contributed by atoms with E-state index >= 15 is 0 Å². The highest BCUT2D eigenvalue weighted by Gasteiger charge is 2.45. The van der Waals surface area contributed by atoms with Crippen molar-refractivity contribution in [3.63, 3.8) is 0 Å². The summed E-state index contributed by atoms with van der Waals surface area (Å²) >= 11 is 0. The molecule has 11 nitrogen and oxygen atoms in total. The van der Waals surface area contributed by atoms with Gasteiger partial charge in [0, 0.05) is 6.42 Å². The summed E-state index contributed by atoms with van der Waals surface area (Å²) in [5.41, 5.74) is 5.22. The van der Waals surface area contributed by atoms with Gasteiger partial charge in [-0.2, -0.15) is 0 Å². The van der Waals surface area contributed by atoms with E-state index in [2.05, 4.69) is 10.6 Å². The average molecular weight is 405 g/mol. The topological polar surface area (TPSA) is 180 Å². The normalized spacial score (nSPS) is 28.5. The molecule has 1 unspecified atom stereocenters. The molecule has 162 valence electrons. The van der Waals surface area contributed by atoms with Gasteiger partial charge < -0.3 is 41.2 Å². The fourth-order valence-corrected chi connectivity index (χ4v) is 2.71. The highest BCUT2D eigenvalue weighted by molar-refractivity contribution is 5.85. The van der Waals surface area contributed by atoms with E-state index in [9.17, 15) is 29.7 Å². The minimum atomic E-state index is -1.60. The molecule has 0 aromatic heterocycles. The SMILES string of the molecule is CCCC(=O)N[C@H]1C(O)O[C@H](COC(=O)[C@@H](NC(=O)CN)C(C)C)[C@@H](O)[C@@H]1O. The van der Waals surface area contributed by atoms with E-state index in [4.69, 9.17) is 15.2 Å². The molecule has 2 amide bonds. The van der Waals surface area contributed by atoms with E-state index in [-0.39, 0.29) is 18.9 Å². The van der Waals surface area contributed by atoms with Gasteiger partial charge in [0.2, 0.25) is 11.8 Å². The molecule has 0 spiro atoms. The highest BCUT2D eigenvalue weighted by Crippen LogP contribution is 2.21. The second-order valence-electron chi connectivity index (χ2n) is 7.01. The van der Waals surface area contributed by atoms with Gasteiger partial charge in [-0.25, -0.2) is 4.79 Å². The molecule has 11 heteroatoms. The van der Waals surface area contributed by atoms with E-state index in [1.807, 2.05) is 0 Å². The van der Waals surface area contributed by atoms with Crippen LogP contribution in [0.5, 0.6) is 0 Å². The van der Waals surface area contributed by atoms with E-state index in [1.54, 1.807) is 20.8 Å². The molecule has 0 aliphatic carbocycles. The molecule has 1 aliphatic rings. The number of carbonyl (C=O) groups is 3. The number of esters is 1. The second kappa shape index (κ2) is 11.3. The Kier molecular flexibility index (Phi) is 9.76. The number of rotatable bonds is 9. The lowest BCUT2D eigenvalue weighted by molar-refractivity contribution is -0.256. The van der Waals surface area contributed by atoms with Crippen molar-refractivity contribution in [2.24, 2.45) is 11.7 Å². The van der Waals surface area contributed by atoms with Crippen molar-refractivity contribution >= 4 is 17.8 Å². The number of nitrogens with two attached hydrogens (primary N) is 1. The molecule has 0 bridgehead atoms. The Bertz CT molecular complexity index is 544. The molecule has 0 radical (unpaired) electrons. The number of carbonyl (C=O) groups excluding carboxylic acids is 3. The Morgan fingerprint density at radius 2 is 1.79 bits per heavy atom. The van der Waals surface area contributed by atoms with E-state index in [1.165, 1.54) is 0 Å². The van der Waals surface area contributed by atoms with Gasteiger partial charge in [-0.15, -0.1) is 0 Å². The van der Waals surface area contributed by atoms with Gasteiger partial charge in [0.1, 0.15) is 37.0 Å². The number of aliphatic hydroxyl groups excluding tert-OH is 3. The van der Waals surface area contributed by atoms with E-state index in [0.29, 0.717) is 6.42 Å². The van der Waals surface area contributed by atoms with Crippen molar-refractivity contribution < 1.29 is 39.2 Å². The summed E-state index contributed by atoms with van der Waals surface area (Å²) in [6.07, 6.45) is -5.08. The summed E-state index contributed by atoms with van der Waals surface area (Å²) in [7, 11) is 0. The van der Waals surface area contributed by atoms with Gasteiger partial charge in [-0.1, -0.05) is 20.8 Å². The van der Waals surface area contributed by atoms with Crippen LogP contribution in [0.1, 0.15) is 33.6 Å². The number of ether oxygens (including phenoxy) is 2. The summed E-state index contributed by atoms with van der Waals surface area (Å²) in [5.74, 6) is -1.98. The summed E-state index contributed by atoms with van der Waals surface area (Å²) in [6.45, 7) is 4.44. The Balaban J connectivity index is 2.66. The first kappa shape index (κ1) is 24.2. The molecule has 7 N–H and O–H groups in total. The van der Waals surface area contributed by atoms with Crippen molar-refractivity contribution in [2.75, 3.05) is 13.2 Å². The minimum Gasteiger partial charge on any atom is -0.461 e. The first-order valence-corrected chi connectivity index (χ1v) is 9.27. The zero-order valence-electron chi connectivity index (χ0n) is 16.3. The maximum atomic E-state index is 12.2. The Morgan fingerprint density at radius 1 is 1.14 bits per heavy atom. The maximum Gasteiger partial charge on any atom is 0.328 e. The molecular weight excluding hydrogens is 374 g/mol. The van der Waals surface area contributed by atoms with Gasteiger partial charge in [0.15, 0.2) is 6.29 Å². The van der Waals surface area contributed by atoms with Crippen molar-refractivity contribution in [3.8, 4) is 0 Å². The number of nitrogens with one attached hydrogen (secondary N) is 2. The van der Waals surface area contributed by atoms with E-state index < -0.39 is 61.1 Å². The zero-order chi connectivity index (χ0) is 21.4. The number of hydrogen-bond acceptors (Lipinski definition) is 9. The second-order valence-corrected chi connectivity index (χ2v) is 7.01. The first-order valence-electron chi connectivity index (χ1n) is 9.27. The van der Waals surface area contributed by atoms with Crippen LogP contribution in [0.25, 0.3) is 0 Å². The standard InChI is InChI=1S/C17H31N3O8/c1-4-5-10(21)19-13-15(24)14(23)9(28-17(13)26)7-27-16(25)12(8(2)3)20-11(22)6-18/h8-9,12-15,17,23-24,26H,4-7,18H2,1-3H3,(H,19,21)(H,20,22)/t9-,12+,13-,14-,15-,17?/m1/s1. The average Bonchev–Trinajstić information content (AvgIpc) is 2.64. The largest absolute Gasteiger partial charge is 0.461 e. The van der Waals surface area contributed by atoms with Crippen molar-refractivity contribution in [1.29, 1.82) is 0 Å². The van der Waals surface area contributed by atoms with Crippen LogP contribution in [0.4, 0.5) is 0 Å². The van der Waals surface area contributed by atoms with Gasteiger partial charge in [0.05, 0.1) is 6.54 Å². The Labute approximate surface area is 163 Å². The molecule has 28 heavy (non-hydrogen) atoms. The monoisotopic (exact) mass is 405 g/mol. The molecule has 0 aromatic rings. The number of hydrogen-bond donors (Lipinski definition) is 6. The van der Waals surface area contributed by atoms with Crippen LogP contribution in [0.2, 0.25) is 0 Å². The van der Waals surface area contributed by atoms with Crippen LogP contribution in [-0.4, -0.2) is 82.9 Å². The van der Waals surface area contributed by atoms with Crippen LogP contribution in [0, 0.1) is 5.92 Å². The van der Waals surface area contributed by atoms with Gasteiger partial charge in [-0.05, 0) is 12.3 Å². The maximum absolute atomic E-state index is 12.2. The lowest BCUT2D eigenvalue weighted by Crippen LogP contribution is -2.64. The molecule has 1 aliphatic heterocycles. The molecule has 6 atom stereocenters. The van der Waals surface area contributed by atoms with Crippen molar-refractivity contribution in [1.82, 2.24) is 10.6 Å². The third kappa shape index (κ3) is 6.67. The lowest BCUT2D eigenvalue weighted by atomic mass is 9.97. The van der Waals surface area contributed by atoms with Crippen molar-refractivity contribution in [3.05, 3.63) is 0 Å². The molecule has 0 saturated carbocycles. The number of amides is 2. The molecule has 1 rings (SSSR count). The molecular formula is C17H31N3O8. The predicted molar refractivity (Wildman–Crippen MR) is 96.5 cm³/mol. The smallest absolute Gasteiger partial charge is 0.328 e. The van der Waals surface area contributed by atoms with Crippen LogP contribution < -0.4 is 16.4 Å². The summed E-state index contributed by atoms with van der Waals surface area (Å²) in [4.78, 5) is 35.3. The minimum absolute atomic E-state index is 0.193. The van der Waals surface area contributed by atoms with Crippen LogP contribution in [-0.2, 0) is 23.9 Å². The molecule has 0 aromatic carbocycles. The fraction of sp³-hybridized carbons (Fsp3) is 0.824. The first-order chi connectivity index (χ1) is 13.1. The van der Waals surface area contributed by atoms with Crippen LogP contribution in [0.15, 0.2) is 0 Å². The third-order valence-electron chi connectivity index (χ3n) is 4.34. The summed E-state index contributed by atoms with van der Waals surface area (Å²) in [5, 5.41) is 35.3. The highest BCUT2D eigenvalue weighted by atomic mass is 16.6. The molecule has 1 fully saturated rings. The summed E-state index contributed by atoms with van der Waals surface area (Å²) in [6, 6.07) is -2.17. The Morgan fingerprint density at radius 3 is 2.32 bits per heavy atom. The summed E-state index contributed by atoms with van der Waals surface area (Å²) < 4.78 is 10.3. The quantitative estimate of drug-likeness (QED) is 0.223. The molecule has 1 heterocycles.